The van der Waals surface area contributed by atoms with Crippen LogP contribution in [0.2, 0.25) is 0 Å². The Balaban J connectivity index is 2.08. The van der Waals surface area contributed by atoms with Gasteiger partial charge < -0.3 is 5.73 Å². The summed E-state index contributed by atoms with van der Waals surface area (Å²) < 4.78 is 0. The molecule has 0 radical (unpaired) electrons. The van der Waals surface area contributed by atoms with Gasteiger partial charge in [0.05, 0.1) is 0 Å². The van der Waals surface area contributed by atoms with Crippen molar-refractivity contribution in [1.82, 2.24) is 0 Å². The van der Waals surface area contributed by atoms with Gasteiger partial charge in [0.25, 0.3) is 0 Å². The number of benzene rings is 1. The van der Waals surface area contributed by atoms with E-state index in [-0.39, 0.29) is 0 Å². The maximum absolute atomic E-state index is 6.04. The molecule has 1 heterocycles. The van der Waals surface area contributed by atoms with Gasteiger partial charge in [0.15, 0.2) is 0 Å². The number of rotatable bonds is 4. The third-order valence-electron chi connectivity index (χ3n) is 3.65. The summed E-state index contributed by atoms with van der Waals surface area (Å²) in [4.78, 5) is 1.48. The van der Waals surface area contributed by atoms with Crippen LogP contribution in [0.5, 0.6) is 0 Å². The van der Waals surface area contributed by atoms with Gasteiger partial charge in [0.1, 0.15) is 0 Å². The minimum Gasteiger partial charge on any atom is -0.328 e. The van der Waals surface area contributed by atoms with E-state index >= 15 is 0 Å². The molecule has 16 heavy (non-hydrogen) atoms. The Labute approximate surface area is 103 Å². The Morgan fingerprint density at radius 2 is 2.19 bits per heavy atom. The third-order valence-corrected chi connectivity index (χ3v) is 4.91. The molecule has 2 N–H and O–H groups in total. The first kappa shape index (κ1) is 12.0. The molecular formula is C14H21NS. The van der Waals surface area contributed by atoms with Crippen molar-refractivity contribution >= 4 is 11.8 Å². The molecule has 1 aromatic carbocycles. The van der Waals surface area contributed by atoms with E-state index in [2.05, 4.69) is 38.1 Å². The van der Waals surface area contributed by atoms with Gasteiger partial charge in [-0.15, -0.1) is 11.8 Å². The largest absolute Gasteiger partial charge is 0.328 e. The Bertz CT molecular complexity index is 348. The summed E-state index contributed by atoms with van der Waals surface area (Å²) in [5.74, 6) is 2.62. The molecule has 1 aliphatic heterocycles. The van der Waals surface area contributed by atoms with E-state index in [4.69, 9.17) is 5.73 Å². The lowest BCUT2D eigenvalue weighted by Crippen LogP contribution is -2.27. The summed E-state index contributed by atoms with van der Waals surface area (Å²) in [5.41, 5.74) is 7.59. The van der Waals surface area contributed by atoms with Gasteiger partial charge in [-0.1, -0.05) is 31.5 Å². The van der Waals surface area contributed by atoms with Crippen molar-refractivity contribution in [3.8, 4) is 0 Å². The fourth-order valence-corrected chi connectivity index (χ4v) is 3.82. The molecule has 0 saturated carbocycles. The van der Waals surface area contributed by atoms with Gasteiger partial charge in [0, 0.05) is 16.7 Å². The molecule has 3 atom stereocenters. The lowest BCUT2D eigenvalue weighted by molar-refractivity contribution is 0.378. The van der Waals surface area contributed by atoms with E-state index < -0.39 is 0 Å². The van der Waals surface area contributed by atoms with Crippen molar-refractivity contribution in [1.29, 1.82) is 0 Å². The summed E-state index contributed by atoms with van der Waals surface area (Å²) in [6, 6.07) is 9.14. The molecule has 0 saturated heterocycles. The summed E-state index contributed by atoms with van der Waals surface area (Å²) in [6.07, 6.45) is 2.44. The fraction of sp³-hybridized carbons (Fsp3) is 0.571. The van der Waals surface area contributed by atoms with Crippen molar-refractivity contribution < 1.29 is 0 Å². The van der Waals surface area contributed by atoms with E-state index in [1.54, 1.807) is 5.56 Å². The van der Waals surface area contributed by atoms with Gasteiger partial charge in [0.2, 0.25) is 0 Å². The Morgan fingerprint density at radius 1 is 1.44 bits per heavy atom. The molecule has 0 bridgehead atoms. The fourth-order valence-electron chi connectivity index (χ4n) is 2.54. The Hall–Kier alpha value is -0.470. The van der Waals surface area contributed by atoms with Crippen LogP contribution in [-0.2, 0) is 0 Å². The lowest BCUT2D eigenvalue weighted by atomic mass is 9.85. The highest BCUT2D eigenvalue weighted by molar-refractivity contribution is 7.99. The van der Waals surface area contributed by atoms with Crippen LogP contribution in [0.15, 0.2) is 29.2 Å². The molecule has 0 spiro atoms. The van der Waals surface area contributed by atoms with Gasteiger partial charge in [-0.05, 0) is 36.8 Å². The molecule has 88 valence electrons. The van der Waals surface area contributed by atoms with Crippen LogP contribution in [0.4, 0.5) is 0 Å². The normalized spacial score (nSPS) is 22.8. The molecular weight excluding hydrogens is 214 g/mol. The number of hydrogen-bond acceptors (Lipinski definition) is 2. The summed E-state index contributed by atoms with van der Waals surface area (Å²) in [7, 11) is 0. The molecule has 0 aromatic heterocycles. The van der Waals surface area contributed by atoms with Gasteiger partial charge in [-0.2, -0.15) is 0 Å². The van der Waals surface area contributed by atoms with Crippen molar-refractivity contribution in [3.63, 3.8) is 0 Å². The van der Waals surface area contributed by atoms with Crippen molar-refractivity contribution in [2.24, 2.45) is 11.7 Å². The zero-order valence-electron chi connectivity index (χ0n) is 10.1. The average Bonchev–Trinajstić information content (AvgIpc) is 2.69. The summed E-state index contributed by atoms with van der Waals surface area (Å²) >= 11 is 2.00. The average molecular weight is 235 g/mol. The zero-order valence-corrected chi connectivity index (χ0v) is 11.0. The standard InChI is InChI=1S/C14H21NS/c1-3-11(10(2)15)8-12-9-16-14-7-5-4-6-13(12)14/h4-7,10-12H,3,8-9,15H2,1-2H3. The molecule has 1 aromatic rings. The highest BCUT2D eigenvalue weighted by Crippen LogP contribution is 2.42. The minimum absolute atomic E-state index is 0.322. The number of thioether (sulfide) groups is 1. The number of hydrogen-bond donors (Lipinski definition) is 1. The number of fused-ring (bicyclic) bond motifs is 1. The maximum atomic E-state index is 6.04. The predicted molar refractivity (Wildman–Crippen MR) is 72.0 cm³/mol. The van der Waals surface area contributed by atoms with Crippen molar-refractivity contribution in [3.05, 3.63) is 29.8 Å². The molecule has 0 fully saturated rings. The second-order valence-electron chi connectivity index (χ2n) is 4.81. The lowest BCUT2D eigenvalue weighted by Gasteiger charge is -2.22. The van der Waals surface area contributed by atoms with E-state index in [0.717, 1.165) is 5.92 Å². The SMILES string of the molecule is CCC(CC1CSc2ccccc21)C(C)N. The van der Waals surface area contributed by atoms with Crippen LogP contribution in [0.1, 0.15) is 38.2 Å². The van der Waals surface area contributed by atoms with Gasteiger partial charge >= 0.3 is 0 Å². The van der Waals surface area contributed by atoms with Crippen LogP contribution < -0.4 is 5.73 Å². The zero-order chi connectivity index (χ0) is 11.5. The van der Waals surface area contributed by atoms with Crippen molar-refractivity contribution in [2.75, 3.05) is 5.75 Å². The van der Waals surface area contributed by atoms with Crippen LogP contribution in [0.25, 0.3) is 0 Å². The second-order valence-corrected chi connectivity index (χ2v) is 5.87. The number of nitrogens with two attached hydrogens (primary N) is 1. The monoisotopic (exact) mass is 235 g/mol. The maximum Gasteiger partial charge on any atom is 0.0107 e. The smallest absolute Gasteiger partial charge is 0.0107 e. The molecule has 0 aliphatic carbocycles. The van der Waals surface area contributed by atoms with E-state index in [1.807, 2.05) is 11.8 Å². The molecule has 0 amide bonds. The first-order valence-electron chi connectivity index (χ1n) is 6.19. The minimum atomic E-state index is 0.322. The molecule has 2 rings (SSSR count). The first-order chi connectivity index (χ1) is 7.72. The molecule has 2 heteroatoms. The third kappa shape index (κ3) is 2.44. The molecule has 3 unspecified atom stereocenters. The van der Waals surface area contributed by atoms with Crippen LogP contribution in [-0.4, -0.2) is 11.8 Å². The van der Waals surface area contributed by atoms with E-state index in [0.29, 0.717) is 12.0 Å². The van der Waals surface area contributed by atoms with Crippen LogP contribution in [0.3, 0.4) is 0 Å². The van der Waals surface area contributed by atoms with Crippen LogP contribution >= 0.6 is 11.8 Å². The highest BCUT2D eigenvalue weighted by atomic mass is 32.2. The Kier molecular flexibility index (Phi) is 3.93. The van der Waals surface area contributed by atoms with E-state index in [1.165, 1.54) is 23.5 Å². The molecule has 1 nitrogen and oxygen atoms in total. The van der Waals surface area contributed by atoms with Crippen molar-refractivity contribution in [2.45, 2.75) is 43.5 Å². The Morgan fingerprint density at radius 3 is 2.88 bits per heavy atom. The molecule has 1 aliphatic rings. The second kappa shape index (κ2) is 5.24. The summed E-state index contributed by atoms with van der Waals surface area (Å²) in [6.45, 7) is 4.39. The predicted octanol–water partition coefficient (Wildman–Crippen LogP) is 3.64. The van der Waals surface area contributed by atoms with Crippen LogP contribution in [0, 0.1) is 5.92 Å². The quantitative estimate of drug-likeness (QED) is 0.862. The van der Waals surface area contributed by atoms with Gasteiger partial charge in [-0.3, -0.25) is 0 Å². The topological polar surface area (TPSA) is 26.0 Å². The summed E-state index contributed by atoms with van der Waals surface area (Å²) in [5, 5.41) is 0. The highest BCUT2D eigenvalue weighted by Gasteiger charge is 2.26. The van der Waals surface area contributed by atoms with E-state index in [9.17, 15) is 0 Å². The van der Waals surface area contributed by atoms with Gasteiger partial charge in [-0.25, -0.2) is 0 Å². The first-order valence-corrected chi connectivity index (χ1v) is 7.18.